The third kappa shape index (κ3) is 1.37. The number of thiophene rings is 1. The van der Waals surface area contributed by atoms with Gasteiger partial charge in [0.15, 0.2) is 0 Å². The summed E-state index contributed by atoms with van der Waals surface area (Å²) < 4.78 is 1.00. The summed E-state index contributed by atoms with van der Waals surface area (Å²) in [7, 11) is 0. The van der Waals surface area contributed by atoms with E-state index in [1.165, 1.54) is 0 Å². The summed E-state index contributed by atoms with van der Waals surface area (Å²) in [5.41, 5.74) is 1.43. The lowest BCUT2D eigenvalue weighted by atomic mass is 10.2. The standard InChI is InChI=1S/C13H9NOS/c15-14-11-5-2-1-4-10(11)7-8-12(14)13-6-3-9-16-13/h1-9H. The van der Waals surface area contributed by atoms with Crippen LogP contribution < -0.4 is 4.73 Å². The van der Waals surface area contributed by atoms with Crippen molar-refractivity contribution in [2.45, 2.75) is 0 Å². The maximum absolute atomic E-state index is 12.2. The molecule has 2 heterocycles. The van der Waals surface area contributed by atoms with Crippen molar-refractivity contribution in [2.75, 3.05) is 0 Å². The van der Waals surface area contributed by atoms with Gasteiger partial charge in [-0.2, -0.15) is 4.73 Å². The topological polar surface area (TPSA) is 26.9 Å². The number of aromatic nitrogens is 1. The highest BCUT2D eigenvalue weighted by Crippen LogP contribution is 2.23. The Morgan fingerprint density at radius 1 is 0.938 bits per heavy atom. The zero-order valence-corrected chi connectivity index (χ0v) is 9.28. The van der Waals surface area contributed by atoms with Crippen LogP contribution in [0.4, 0.5) is 0 Å². The Morgan fingerprint density at radius 2 is 1.81 bits per heavy atom. The highest BCUT2D eigenvalue weighted by atomic mass is 32.1. The zero-order chi connectivity index (χ0) is 11.0. The Bertz CT molecular complexity index is 631. The van der Waals surface area contributed by atoms with Crippen LogP contribution in [0.3, 0.4) is 0 Å². The molecule has 78 valence electrons. The molecule has 0 aliphatic carbocycles. The Balaban J connectivity index is 2.32. The molecule has 0 bridgehead atoms. The molecular weight excluding hydrogens is 218 g/mol. The SMILES string of the molecule is [O-][n+]1c(-c2cccs2)ccc2ccccc21. The van der Waals surface area contributed by atoms with Gasteiger partial charge in [0.05, 0.1) is 4.88 Å². The van der Waals surface area contributed by atoms with E-state index >= 15 is 0 Å². The van der Waals surface area contributed by atoms with Crippen LogP contribution in [0.25, 0.3) is 21.5 Å². The largest absolute Gasteiger partial charge is 0.618 e. The molecule has 3 rings (SSSR count). The van der Waals surface area contributed by atoms with E-state index in [-0.39, 0.29) is 0 Å². The van der Waals surface area contributed by atoms with Crippen LogP contribution >= 0.6 is 11.3 Å². The first-order chi connectivity index (χ1) is 7.86. The van der Waals surface area contributed by atoms with Crippen molar-refractivity contribution in [3.8, 4) is 10.6 Å². The number of fused-ring (bicyclic) bond motifs is 1. The lowest BCUT2D eigenvalue weighted by molar-refractivity contribution is -0.564. The normalized spacial score (nSPS) is 10.8. The van der Waals surface area contributed by atoms with Crippen LogP contribution in [0.2, 0.25) is 0 Å². The second-order valence-electron chi connectivity index (χ2n) is 3.55. The van der Waals surface area contributed by atoms with Gasteiger partial charge < -0.3 is 5.21 Å². The molecule has 0 radical (unpaired) electrons. The minimum Gasteiger partial charge on any atom is -0.618 e. The smallest absolute Gasteiger partial charge is 0.234 e. The Hall–Kier alpha value is -1.87. The maximum Gasteiger partial charge on any atom is 0.234 e. The van der Waals surface area contributed by atoms with Crippen molar-refractivity contribution in [3.63, 3.8) is 0 Å². The average molecular weight is 227 g/mol. The van der Waals surface area contributed by atoms with E-state index in [1.54, 1.807) is 11.3 Å². The number of pyridine rings is 1. The molecule has 0 spiro atoms. The van der Waals surface area contributed by atoms with Gasteiger partial charge in [-0.05, 0) is 23.6 Å². The fourth-order valence-corrected chi connectivity index (χ4v) is 2.52. The summed E-state index contributed by atoms with van der Waals surface area (Å²) >= 11 is 1.58. The lowest BCUT2D eigenvalue weighted by Gasteiger charge is -2.05. The van der Waals surface area contributed by atoms with E-state index in [9.17, 15) is 5.21 Å². The first-order valence-electron chi connectivity index (χ1n) is 5.01. The van der Waals surface area contributed by atoms with Gasteiger partial charge in [0.25, 0.3) is 0 Å². The molecule has 2 nitrogen and oxygen atoms in total. The summed E-state index contributed by atoms with van der Waals surface area (Å²) in [5.74, 6) is 0. The number of para-hydroxylation sites is 1. The molecule has 16 heavy (non-hydrogen) atoms. The third-order valence-corrected chi connectivity index (χ3v) is 3.46. The molecule has 0 unspecified atom stereocenters. The van der Waals surface area contributed by atoms with E-state index < -0.39 is 0 Å². The van der Waals surface area contributed by atoms with Crippen molar-refractivity contribution in [1.29, 1.82) is 0 Å². The van der Waals surface area contributed by atoms with Crippen LogP contribution in [0.15, 0.2) is 53.9 Å². The van der Waals surface area contributed by atoms with Crippen molar-refractivity contribution >= 4 is 22.2 Å². The van der Waals surface area contributed by atoms with E-state index in [1.807, 2.05) is 53.9 Å². The molecule has 0 amide bonds. The quantitative estimate of drug-likeness (QED) is 0.463. The minimum atomic E-state index is 0.716. The monoisotopic (exact) mass is 227 g/mol. The van der Waals surface area contributed by atoms with Crippen molar-refractivity contribution in [3.05, 3.63) is 59.1 Å². The van der Waals surface area contributed by atoms with Gasteiger partial charge in [0, 0.05) is 17.5 Å². The highest BCUT2D eigenvalue weighted by Gasteiger charge is 2.12. The predicted molar refractivity (Wildman–Crippen MR) is 66.2 cm³/mol. The van der Waals surface area contributed by atoms with Crippen LogP contribution in [-0.4, -0.2) is 0 Å². The second-order valence-corrected chi connectivity index (χ2v) is 4.50. The summed E-state index contributed by atoms with van der Waals surface area (Å²) in [4.78, 5) is 1.00. The summed E-state index contributed by atoms with van der Waals surface area (Å²) in [5, 5.41) is 15.1. The Kier molecular flexibility index (Phi) is 2.11. The average Bonchev–Trinajstić information content (AvgIpc) is 2.83. The third-order valence-electron chi connectivity index (χ3n) is 2.57. The molecule has 1 aromatic carbocycles. The molecule has 0 atom stereocenters. The van der Waals surface area contributed by atoms with Gasteiger partial charge in [-0.3, -0.25) is 0 Å². The van der Waals surface area contributed by atoms with Crippen LogP contribution in [0, 0.1) is 5.21 Å². The van der Waals surface area contributed by atoms with Crippen LogP contribution in [-0.2, 0) is 0 Å². The van der Waals surface area contributed by atoms with E-state index in [2.05, 4.69) is 0 Å². The first kappa shape index (κ1) is 9.36. The molecule has 0 aliphatic rings. The summed E-state index contributed by atoms with van der Waals surface area (Å²) in [6.45, 7) is 0. The molecule has 0 saturated carbocycles. The molecule has 3 heteroatoms. The molecule has 0 N–H and O–H groups in total. The molecule has 0 saturated heterocycles. The van der Waals surface area contributed by atoms with Gasteiger partial charge in [-0.15, -0.1) is 11.3 Å². The number of hydrogen-bond acceptors (Lipinski definition) is 2. The van der Waals surface area contributed by atoms with Crippen LogP contribution in [0.5, 0.6) is 0 Å². The maximum atomic E-state index is 12.2. The van der Waals surface area contributed by atoms with Gasteiger partial charge in [0.2, 0.25) is 11.2 Å². The fourth-order valence-electron chi connectivity index (χ4n) is 1.79. The Labute approximate surface area is 97.0 Å². The highest BCUT2D eigenvalue weighted by molar-refractivity contribution is 7.13. The number of nitrogens with zero attached hydrogens (tertiary/aromatic N) is 1. The fraction of sp³-hybridized carbons (Fsp3) is 0. The van der Waals surface area contributed by atoms with Gasteiger partial charge >= 0.3 is 0 Å². The van der Waals surface area contributed by atoms with Crippen LogP contribution in [0.1, 0.15) is 0 Å². The van der Waals surface area contributed by atoms with Gasteiger partial charge in [-0.25, -0.2) is 0 Å². The minimum absolute atomic E-state index is 0.716. The number of benzene rings is 1. The lowest BCUT2D eigenvalue weighted by Crippen LogP contribution is -2.29. The van der Waals surface area contributed by atoms with Gasteiger partial charge in [0.1, 0.15) is 0 Å². The molecule has 2 aromatic heterocycles. The van der Waals surface area contributed by atoms with E-state index in [4.69, 9.17) is 0 Å². The van der Waals surface area contributed by atoms with E-state index in [0.717, 1.165) is 15.0 Å². The first-order valence-corrected chi connectivity index (χ1v) is 5.89. The second kappa shape index (κ2) is 3.61. The molecule has 3 aromatic rings. The van der Waals surface area contributed by atoms with Gasteiger partial charge in [-0.1, -0.05) is 18.2 Å². The molecule has 0 aliphatic heterocycles. The molecule has 0 fully saturated rings. The predicted octanol–water partition coefficient (Wildman–Crippen LogP) is 3.20. The number of rotatable bonds is 1. The van der Waals surface area contributed by atoms with Crippen molar-refractivity contribution in [1.82, 2.24) is 0 Å². The van der Waals surface area contributed by atoms with Crippen molar-refractivity contribution < 1.29 is 4.73 Å². The van der Waals surface area contributed by atoms with E-state index in [0.29, 0.717) is 11.2 Å². The number of hydrogen-bond donors (Lipinski definition) is 0. The van der Waals surface area contributed by atoms with Crippen molar-refractivity contribution in [2.24, 2.45) is 0 Å². The Morgan fingerprint density at radius 3 is 2.62 bits per heavy atom. The summed E-state index contributed by atoms with van der Waals surface area (Å²) in [6.07, 6.45) is 0. The zero-order valence-electron chi connectivity index (χ0n) is 8.46. The summed E-state index contributed by atoms with van der Waals surface area (Å²) in [6, 6.07) is 15.4. The molecular formula is C13H9NOS.